The number of hydrogen-bond donors (Lipinski definition) is 0. The SMILES string of the molecule is C=CC[C@](C)(C#C[Si](C)(C)C)c1ccc(Br)c2ccccc12. The zero-order valence-electron chi connectivity index (χ0n) is 13.8. The van der Waals surface area contributed by atoms with Crippen LogP contribution in [0.3, 0.4) is 0 Å². The maximum Gasteiger partial charge on any atom is 0.129 e. The van der Waals surface area contributed by atoms with Crippen LogP contribution in [-0.2, 0) is 5.41 Å². The monoisotopic (exact) mass is 370 g/mol. The third-order valence-corrected chi connectivity index (χ3v) is 5.30. The first-order valence-electron chi connectivity index (χ1n) is 7.60. The van der Waals surface area contributed by atoms with Crippen molar-refractivity contribution in [1.29, 1.82) is 0 Å². The fourth-order valence-corrected chi connectivity index (χ4v) is 3.71. The third kappa shape index (κ3) is 3.72. The summed E-state index contributed by atoms with van der Waals surface area (Å²) in [7, 11) is -1.41. The van der Waals surface area contributed by atoms with E-state index in [4.69, 9.17) is 0 Å². The molecule has 0 fully saturated rings. The Kier molecular flexibility index (Phi) is 4.99. The van der Waals surface area contributed by atoms with Gasteiger partial charge in [0, 0.05) is 4.47 Å². The van der Waals surface area contributed by atoms with Crippen LogP contribution in [0.25, 0.3) is 10.8 Å². The van der Waals surface area contributed by atoms with Gasteiger partial charge in [0.1, 0.15) is 8.07 Å². The van der Waals surface area contributed by atoms with Crippen molar-refractivity contribution in [3.63, 3.8) is 0 Å². The van der Waals surface area contributed by atoms with Crippen molar-refractivity contribution in [2.45, 2.75) is 38.4 Å². The number of rotatable bonds is 3. The molecule has 2 aromatic rings. The third-order valence-electron chi connectivity index (χ3n) is 3.73. The van der Waals surface area contributed by atoms with Crippen LogP contribution < -0.4 is 0 Å². The molecule has 0 amide bonds. The van der Waals surface area contributed by atoms with Crippen molar-refractivity contribution < 1.29 is 0 Å². The van der Waals surface area contributed by atoms with Crippen LogP contribution in [0.1, 0.15) is 18.9 Å². The lowest BCUT2D eigenvalue weighted by Gasteiger charge is -2.26. The second-order valence-electron chi connectivity index (χ2n) is 6.97. The predicted molar refractivity (Wildman–Crippen MR) is 105 cm³/mol. The summed E-state index contributed by atoms with van der Waals surface area (Å²) in [5, 5.41) is 2.51. The van der Waals surface area contributed by atoms with Crippen LogP contribution in [-0.4, -0.2) is 8.07 Å². The maximum absolute atomic E-state index is 3.95. The molecule has 0 unspecified atom stereocenters. The topological polar surface area (TPSA) is 0 Å². The van der Waals surface area contributed by atoms with Crippen molar-refractivity contribution in [2.75, 3.05) is 0 Å². The van der Waals surface area contributed by atoms with Crippen molar-refractivity contribution in [1.82, 2.24) is 0 Å². The normalized spacial score (nSPS) is 14.0. The van der Waals surface area contributed by atoms with E-state index in [1.165, 1.54) is 16.3 Å². The molecule has 0 nitrogen and oxygen atoms in total. The summed E-state index contributed by atoms with van der Waals surface area (Å²) in [5.41, 5.74) is 4.65. The Labute approximate surface area is 143 Å². The fourth-order valence-electron chi connectivity index (χ4n) is 2.59. The highest BCUT2D eigenvalue weighted by Crippen LogP contribution is 2.36. The largest absolute Gasteiger partial charge is 0.131 e. The summed E-state index contributed by atoms with van der Waals surface area (Å²) >= 11 is 3.66. The van der Waals surface area contributed by atoms with E-state index in [1.807, 2.05) is 6.08 Å². The van der Waals surface area contributed by atoms with Gasteiger partial charge in [0.15, 0.2) is 0 Å². The molecule has 2 aromatic carbocycles. The van der Waals surface area contributed by atoms with Gasteiger partial charge >= 0.3 is 0 Å². The molecule has 0 N–H and O–H groups in total. The Morgan fingerprint density at radius 3 is 2.36 bits per heavy atom. The Bertz CT molecular complexity index is 759. The van der Waals surface area contributed by atoms with Gasteiger partial charge in [-0.1, -0.05) is 77.9 Å². The average Bonchev–Trinajstić information content (AvgIpc) is 2.45. The molecule has 0 radical (unpaired) electrons. The first-order valence-corrected chi connectivity index (χ1v) is 11.9. The van der Waals surface area contributed by atoms with E-state index in [-0.39, 0.29) is 5.41 Å². The quantitative estimate of drug-likeness (QED) is 0.337. The lowest BCUT2D eigenvalue weighted by atomic mass is 9.78. The standard InChI is InChI=1S/C20H23BrSi/c1-6-13-20(2,14-15-22(3,4)5)18-11-12-19(21)17-10-8-7-9-16(17)18/h6-12H,1,13H2,2-5H3/t20-/m1/s1. The molecule has 0 aliphatic rings. The van der Waals surface area contributed by atoms with E-state index >= 15 is 0 Å². The van der Waals surface area contributed by atoms with Gasteiger partial charge in [-0.05, 0) is 35.7 Å². The number of halogens is 1. The van der Waals surface area contributed by atoms with Gasteiger partial charge in [0.25, 0.3) is 0 Å². The number of benzene rings is 2. The highest BCUT2D eigenvalue weighted by Gasteiger charge is 2.26. The van der Waals surface area contributed by atoms with Crippen molar-refractivity contribution in [2.24, 2.45) is 0 Å². The van der Waals surface area contributed by atoms with Gasteiger partial charge in [-0.2, -0.15) is 0 Å². The van der Waals surface area contributed by atoms with Gasteiger partial charge in [0.2, 0.25) is 0 Å². The summed E-state index contributed by atoms with van der Waals surface area (Å²) in [6, 6.07) is 12.9. The lowest BCUT2D eigenvalue weighted by Crippen LogP contribution is -2.23. The van der Waals surface area contributed by atoms with Crippen molar-refractivity contribution in [3.8, 4) is 11.5 Å². The average molecular weight is 371 g/mol. The molecule has 2 rings (SSSR count). The van der Waals surface area contributed by atoms with Crippen LogP contribution in [0.2, 0.25) is 19.6 Å². The molecule has 0 saturated carbocycles. The molecule has 0 bridgehead atoms. The molecule has 0 spiro atoms. The van der Waals surface area contributed by atoms with E-state index in [1.54, 1.807) is 0 Å². The predicted octanol–water partition coefficient (Wildman–Crippen LogP) is 6.32. The van der Waals surface area contributed by atoms with Crippen LogP contribution in [0.5, 0.6) is 0 Å². The van der Waals surface area contributed by atoms with Crippen molar-refractivity contribution >= 4 is 34.8 Å². The second kappa shape index (κ2) is 6.44. The fraction of sp³-hybridized carbons (Fsp3) is 0.300. The van der Waals surface area contributed by atoms with Crippen LogP contribution in [0, 0.1) is 11.5 Å². The minimum atomic E-state index is -1.41. The Morgan fingerprint density at radius 1 is 1.14 bits per heavy atom. The summed E-state index contributed by atoms with van der Waals surface area (Å²) in [6.07, 6.45) is 2.84. The van der Waals surface area contributed by atoms with E-state index in [2.05, 4.69) is 96.9 Å². The molecule has 0 aliphatic heterocycles. The summed E-state index contributed by atoms with van der Waals surface area (Å²) in [5.74, 6) is 3.59. The van der Waals surface area contributed by atoms with E-state index < -0.39 is 8.07 Å². The van der Waals surface area contributed by atoms with Gasteiger partial charge < -0.3 is 0 Å². The zero-order valence-corrected chi connectivity index (χ0v) is 16.4. The molecule has 1 atom stereocenters. The van der Waals surface area contributed by atoms with E-state index in [0.717, 1.165) is 10.9 Å². The first-order chi connectivity index (χ1) is 10.3. The number of fused-ring (bicyclic) bond motifs is 1. The number of allylic oxidation sites excluding steroid dienone is 1. The second-order valence-corrected chi connectivity index (χ2v) is 12.6. The molecule has 0 heterocycles. The molecule has 114 valence electrons. The Balaban J connectivity index is 2.70. The summed E-state index contributed by atoms with van der Waals surface area (Å²) in [6.45, 7) is 13.0. The minimum absolute atomic E-state index is 0.192. The Morgan fingerprint density at radius 2 is 1.77 bits per heavy atom. The molecule has 2 heteroatoms. The molecule has 0 aromatic heterocycles. The maximum atomic E-state index is 3.95. The van der Waals surface area contributed by atoms with E-state index in [9.17, 15) is 0 Å². The number of hydrogen-bond acceptors (Lipinski definition) is 0. The smallest absolute Gasteiger partial charge is 0.129 e. The van der Waals surface area contributed by atoms with Crippen LogP contribution in [0.4, 0.5) is 0 Å². The highest BCUT2D eigenvalue weighted by atomic mass is 79.9. The highest BCUT2D eigenvalue weighted by molar-refractivity contribution is 9.10. The lowest BCUT2D eigenvalue weighted by molar-refractivity contribution is 0.637. The minimum Gasteiger partial charge on any atom is -0.131 e. The van der Waals surface area contributed by atoms with Crippen LogP contribution in [0.15, 0.2) is 53.5 Å². The Hall–Kier alpha value is -1.30. The molecule has 0 saturated heterocycles. The van der Waals surface area contributed by atoms with Gasteiger partial charge in [-0.25, -0.2) is 0 Å². The van der Waals surface area contributed by atoms with Gasteiger partial charge in [0.05, 0.1) is 5.41 Å². The summed E-state index contributed by atoms with van der Waals surface area (Å²) in [4.78, 5) is 0. The molecule has 22 heavy (non-hydrogen) atoms. The van der Waals surface area contributed by atoms with Gasteiger partial charge in [-0.15, -0.1) is 12.1 Å². The van der Waals surface area contributed by atoms with Crippen LogP contribution >= 0.6 is 15.9 Å². The molecular formula is C20H23BrSi. The molecule has 0 aliphatic carbocycles. The van der Waals surface area contributed by atoms with E-state index in [0.29, 0.717) is 0 Å². The summed E-state index contributed by atoms with van der Waals surface area (Å²) < 4.78 is 1.13. The zero-order chi connectivity index (χ0) is 16.4. The molecular weight excluding hydrogens is 348 g/mol. The van der Waals surface area contributed by atoms with Gasteiger partial charge in [-0.3, -0.25) is 0 Å². The van der Waals surface area contributed by atoms with Crippen molar-refractivity contribution in [3.05, 3.63) is 59.1 Å². The first kappa shape index (κ1) is 17.1.